The van der Waals surface area contributed by atoms with E-state index in [1.165, 1.54) is 4.90 Å². The molecule has 124 valence electrons. The predicted molar refractivity (Wildman–Crippen MR) is 96.8 cm³/mol. The van der Waals surface area contributed by atoms with Gasteiger partial charge in [-0.3, -0.25) is 9.59 Å². The third kappa shape index (κ3) is 2.90. The Morgan fingerprint density at radius 1 is 1.16 bits per heavy atom. The number of aryl methyl sites for hydroxylation is 1. The van der Waals surface area contributed by atoms with Crippen molar-refractivity contribution < 1.29 is 9.59 Å². The van der Waals surface area contributed by atoms with Crippen LogP contribution in [0.2, 0.25) is 0 Å². The second-order valence-electron chi connectivity index (χ2n) is 5.75. The number of benzene rings is 2. The zero-order valence-electron chi connectivity index (χ0n) is 14.0. The molecule has 0 radical (unpaired) electrons. The van der Waals surface area contributed by atoms with Gasteiger partial charge in [-0.05, 0) is 30.2 Å². The molecule has 5 heteroatoms. The lowest BCUT2D eigenvalue weighted by molar-refractivity contribution is -0.114. The Hall–Kier alpha value is -3.39. The van der Waals surface area contributed by atoms with Gasteiger partial charge in [0.2, 0.25) is 0 Å². The molecule has 25 heavy (non-hydrogen) atoms. The van der Waals surface area contributed by atoms with Crippen molar-refractivity contribution in [1.82, 2.24) is 0 Å². The number of fused-ring (bicyclic) bond motifs is 1. The molecule has 5 nitrogen and oxygen atoms in total. The SMILES string of the molecule is CCc1ccc(NC(=O)C(C#N)=C2C(=O)N(C)c3ccccc32)cc1. The summed E-state index contributed by atoms with van der Waals surface area (Å²) in [4.78, 5) is 26.6. The van der Waals surface area contributed by atoms with Crippen molar-refractivity contribution in [3.8, 4) is 6.07 Å². The van der Waals surface area contributed by atoms with Gasteiger partial charge < -0.3 is 10.2 Å². The number of carbonyl (C=O) groups excluding carboxylic acids is 2. The maximum absolute atomic E-state index is 12.6. The average molecular weight is 331 g/mol. The van der Waals surface area contributed by atoms with Gasteiger partial charge in [0.05, 0.1) is 11.3 Å². The minimum absolute atomic E-state index is 0.142. The van der Waals surface area contributed by atoms with Gasteiger partial charge in [0.15, 0.2) is 0 Å². The molecule has 1 N–H and O–H groups in total. The number of carbonyl (C=O) groups is 2. The van der Waals surface area contributed by atoms with E-state index >= 15 is 0 Å². The van der Waals surface area contributed by atoms with E-state index in [4.69, 9.17) is 0 Å². The first-order valence-corrected chi connectivity index (χ1v) is 7.99. The molecular formula is C20H17N3O2. The van der Waals surface area contributed by atoms with Crippen molar-refractivity contribution in [1.29, 1.82) is 5.26 Å². The fourth-order valence-corrected chi connectivity index (χ4v) is 2.85. The Bertz CT molecular complexity index is 921. The van der Waals surface area contributed by atoms with E-state index in [-0.39, 0.29) is 17.1 Å². The third-order valence-corrected chi connectivity index (χ3v) is 4.26. The maximum atomic E-state index is 12.6. The molecular weight excluding hydrogens is 314 g/mol. The number of nitriles is 1. The van der Waals surface area contributed by atoms with Crippen LogP contribution in [-0.2, 0) is 16.0 Å². The van der Waals surface area contributed by atoms with Gasteiger partial charge in [-0.1, -0.05) is 37.3 Å². The molecule has 1 heterocycles. The number of nitrogens with one attached hydrogen (secondary N) is 1. The van der Waals surface area contributed by atoms with Crippen LogP contribution in [0.15, 0.2) is 54.1 Å². The fraction of sp³-hybridized carbons (Fsp3) is 0.150. The minimum Gasteiger partial charge on any atom is -0.321 e. The molecule has 1 aliphatic rings. The van der Waals surface area contributed by atoms with E-state index in [0.29, 0.717) is 16.9 Å². The van der Waals surface area contributed by atoms with Gasteiger partial charge >= 0.3 is 0 Å². The quantitative estimate of drug-likeness (QED) is 0.693. The standard InChI is InChI=1S/C20H17N3O2/c1-3-13-8-10-14(11-9-13)22-19(24)16(12-21)18-15-6-4-5-7-17(15)23(2)20(18)25/h4-11H,3H2,1-2H3,(H,22,24). The van der Waals surface area contributed by atoms with Crippen molar-refractivity contribution in [2.75, 3.05) is 17.3 Å². The molecule has 0 atom stereocenters. The molecule has 0 aliphatic carbocycles. The van der Waals surface area contributed by atoms with E-state index < -0.39 is 5.91 Å². The second kappa shape index (κ2) is 6.62. The number of likely N-dealkylation sites (N-methyl/N-ethyl adjacent to an activating group) is 1. The van der Waals surface area contributed by atoms with Crippen LogP contribution < -0.4 is 10.2 Å². The number of amides is 2. The summed E-state index contributed by atoms with van der Waals surface area (Å²) in [6.45, 7) is 2.05. The second-order valence-corrected chi connectivity index (χ2v) is 5.75. The highest BCUT2D eigenvalue weighted by atomic mass is 16.2. The minimum atomic E-state index is -0.583. The Kier molecular flexibility index (Phi) is 4.36. The molecule has 0 saturated heterocycles. The summed E-state index contributed by atoms with van der Waals surface area (Å²) in [5, 5.41) is 12.2. The summed E-state index contributed by atoms with van der Waals surface area (Å²) in [6, 6.07) is 16.4. The number of nitrogens with zero attached hydrogens (tertiary/aromatic N) is 2. The van der Waals surface area contributed by atoms with Crippen LogP contribution in [0.4, 0.5) is 11.4 Å². The zero-order chi connectivity index (χ0) is 18.0. The van der Waals surface area contributed by atoms with E-state index in [0.717, 1.165) is 12.0 Å². The first-order valence-electron chi connectivity index (χ1n) is 7.99. The first kappa shape index (κ1) is 16.5. The van der Waals surface area contributed by atoms with Gasteiger partial charge in [0.25, 0.3) is 11.8 Å². The summed E-state index contributed by atoms with van der Waals surface area (Å²) in [5.74, 6) is -0.936. The van der Waals surface area contributed by atoms with Crippen LogP contribution in [-0.4, -0.2) is 18.9 Å². The Balaban J connectivity index is 1.98. The summed E-state index contributed by atoms with van der Waals surface area (Å²) < 4.78 is 0. The molecule has 0 aromatic heterocycles. The van der Waals surface area contributed by atoms with Crippen molar-refractivity contribution in [2.45, 2.75) is 13.3 Å². The molecule has 2 aromatic carbocycles. The Morgan fingerprint density at radius 2 is 1.84 bits per heavy atom. The zero-order valence-corrected chi connectivity index (χ0v) is 14.0. The van der Waals surface area contributed by atoms with Crippen molar-refractivity contribution in [3.63, 3.8) is 0 Å². The molecule has 0 saturated carbocycles. The number of para-hydroxylation sites is 1. The number of hydrogen-bond acceptors (Lipinski definition) is 3. The van der Waals surface area contributed by atoms with E-state index in [1.807, 2.05) is 31.2 Å². The smallest absolute Gasteiger partial charge is 0.267 e. The summed E-state index contributed by atoms with van der Waals surface area (Å²) in [6.07, 6.45) is 0.902. The van der Waals surface area contributed by atoms with Crippen molar-refractivity contribution in [3.05, 3.63) is 65.2 Å². The molecule has 2 amide bonds. The topological polar surface area (TPSA) is 73.2 Å². The lowest BCUT2D eigenvalue weighted by Gasteiger charge is -2.08. The van der Waals surface area contributed by atoms with Crippen LogP contribution in [0.5, 0.6) is 0 Å². The highest BCUT2D eigenvalue weighted by Gasteiger charge is 2.34. The monoisotopic (exact) mass is 331 g/mol. The van der Waals surface area contributed by atoms with Crippen LogP contribution in [0.1, 0.15) is 18.1 Å². The molecule has 1 aliphatic heterocycles. The van der Waals surface area contributed by atoms with Crippen LogP contribution in [0.25, 0.3) is 5.57 Å². The van der Waals surface area contributed by atoms with E-state index in [2.05, 4.69) is 5.32 Å². The molecule has 0 unspecified atom stereocenters. The highest BCUT2D eigenvalue weighted by Crippen LogP contribution is 2.37. The van der Waals surface area contributed by atoms with Crippen molar-refractivity contribution >= 4 is 28.8 Å². The van der Waals surface area contributed by atoms with Crippen LogP contribution in [0, 0.1) is 11.3 Å². The van der Waals surface area contributed by atoms with Crippen molar-refractivity contribution in [2.24, 2.45) is 0 Å². The van der Waals surface area contributed by atoms with E-state index in [9.17, 15) is 14.9 Å². The third-order valence-electron chi connectivity index (χ3n) is 4.26. The summed E-state index contributed by atoms with van der Waals surface area (Å²) >= 11 is 0. The van der Waals surface area contributed by atoms with Gasteiger partial charge in [-0.15, -0.1) is 0 Å². The summed E-state index contributed by atoms with van der Waals surface area (Å²) in [7, 11) is 1.63. The van der Waals surface area contributed by atoms with Gasteiger partial charge in [0, 0.05) is 18.3 Å². The molecule has 0 bridgehead atoms. The molecule has 0 spiro atoms. The van der Waals surface area contributed by atoms with Gasteiger partial charge in [-0.2, -0.15) is 5.26 Å². The Labute approximate surface area is 146 Å². The Morgan fingerprint density at radius 3 is 2.48 bits per heavy atom. The van der Waals surface area contributed by atoms with Crippen LogP contribution >= 0.6 is 0 Å². The van der Waals surface area contributed by atoms with E-state index in [1.54, 1.807) is 37.4 Å². The summed E-state index contributed by atoms with van der Waals surface area (Å²) in [5.41, 5.74) is 2.99. The average Bonchev–Trinajstić information content (AvgIpc) is 2.89. The number of hydrogen-bond donors (Lipinski definition) is 1. The highest BCUT2D eigenvalue weighted by molar-refractivity contribution is 6.37. The van der Waals surface area contributed by atoms with Gasteiger partial charge in [-0.25, -0.2) is 0 Å². The maximum Gasteiger partial charge on any atom is 0.267 e. The predicted octanol–water partition coefficient (Wildman–Crippen LogP) is 3.14. The van der Waals surface area contributed by atoms with Crippen LogP contribution in [0.3, 0.4) is 0 Å². The number of anilines is 2. The largest absolute Gasteiger partial charge is 0.321 e. The molecule has 3 rings (SSSR count). The molecule has 2 aromatic rings. The first-order chi connectivity index (χ1) is 12.1. The lowest BCUT2D eigenvalue weighted by atomic mass is 10.0. The van der Waals surface area contributed by atoms with Gasteiger partial charge in [0.1, 0.15) is 11.6 Å². The lowest BCUT2D eigenvalue weighted by Crippen LogP contribution is -2.23. The fourth-order valence-electron chi connectivity index (χ4n) is 2.85. The normalized spacial score (nSPS) is 14.8. The number of rotatable bonds is 3. The molecule has 0 fully saturated rings.